The van der Waals surface area contributed by atoms with Crippen molar-refractivity contribution in [1.29, 1.82) is 0 Å². The molecule has 4 bridgehead atoms. The van der Waals surface area contributed by atoms with Crippen LogP contribution >= 0.6 is 0 Å². The molecule has 0 saturated heterocycles. The Morgan fingerprint density at radius 3 is 1.61 bits per heavy atom. The summed E-state index contributed by atoms with van der Waals surface area (Å²) in [6.07, 6.45) is 7.02. The van der Waals surface area contributed by atoms with E-state index in [0.29, 0.717) is 0 Å². The van der Waals surface area contributed by atoms with Crippen molar-refractivity contribution >= 4 is 22.1 Å². The molecule has 0 radical (unpaired) electrons. The number of hydrogen-bond acceptors (Lipinski definition) is 1. The van der Waals surface area contributed by atoms with Crippen LogP contribution in [0.3, 0.4) is 0 Å². The van der Waals surface area contributed by atoms with Gasteiger partial charge in [0.15, 0.2) is 0 Å². The number of hydrogen-bond donors (Lipinski definition) is 0. The van der Waals surface area contributed by atoms with E-state index in [1.165, 1.54) is 76.5 Å². The highest BCUT2D eigenvalue weighted by Gasteiger charge is 2.60. The van der Waals surface area contributed by atoms with Crippen LogP contribution in [0.2, 0.25) is 0 Å². The van der Waals surface area contributed by atoms with Crippen molar-refractivity contribution in [1.82, 2.24) is 0 Å². The van der Waals surface area contributed by atoms with E-state index in [1.807, 2.05) is 0 Å². The van der Waals surface area contributed by atoms with Gasteiger partial charge < -0.3 is 4.90 Å². The Kier molecular flexibility index (Phi) is 5.02. The minimum Gasteiger partial charge on any atom is -0.335 e. The molecule has 0 aliphatic heterocycles. The molecule has 38 heavy (non-hydrogen) atoms. The van der Waals surface area contributed by atoms with E-state index >= 15 is 0 Å². The Bertz CT molecular complexity index is 1590. The minimum atomic E-state index is 0.286. The monoisotopic (exact) mass is 491 g/mol. The van der Waals surface area contributed by atoms with E-state index in [-0.39, 0.29) is 5.54 Å². The van der Waals surface area contributed by atoms with E-state index in [4.69, 9.17) is 0 Å². The second-order valence-corrected chi connectivity index (χ2v) is 12.0. The maximum absolute atomic E-state index is 2.75. The summed E-state index contributed by atoms with van der Waals surface area (Å²) >= 11 is 0. The molecule has 186 valence electrons. The average molecular weight is 492 g/mol. The van der Waals surface area contributed by atoms with Crippen LogP contribution in [0.25, 0.3) is 33.0 Å². The van der Waals surface area contributed by atoms with Crippen molar-refractivity contribution in [3.63, 3.8) is 0 Å². The fraction of sp³-hybridized carbons (Fsp3) is 0.243. The third-order valence-corrected chi connectivity index (χ3v) is 9.81. The topological polar surface area (TPSA) is 3.24 Å². The first-order chi connectivity index (χ1) is 18.8. The van der Waals surface area contributed by atoms with Crippen molar-refractivity contribution in [2.24, 2.45) is 17.8 Å². The molecular weight excluding hydrogens is 458 g/mol. The Hall–Kier alpha value is -3.84. The molecule has 9 rings (SSSR count). The molecule has 2 unspecified atom stereocenters. The third kappa shape index (κ3) is 3.45. The first-order valence-corrected chi connectivity index (χ1v) is 14.3. The number of fused-ring (bicyclic) bond motifs is 1. The third-order valence-electron chi connectivity index (χ3n) is 9.81. The summed E-state index contributed by atoms with van der Waals surface area (Å²) < 4.78 is 0. The van der Waals surface area contributed by atoms with E-state index in [1.54, 1.807) is 0 Å². The Balaban J connectivity index is 1.25. The Morgan fingerprint density at radius 1 is 0.500 bits per heavy atom. The summed E-state index contributed by atoms with van der Waals surface area (Å²) in [5.41, 5.74) is 8.12. The lowest BCUT2D eigenvalue weighted by atomic mass is 9.79. The fourth-order valence-corrected chi connectivity index (χ4v) is 8.48. The van der Waals surface area contributed by atoms with E-state index in [0.717, 1.165) is 17.8 Å². The highest BCUT2D eigenvalue weighted by atomic mass is 15.2. The number of anilines is 2. The van der Waals surface area contributed by atoms with Gasteiger partial charge in [-0.25, -0.2) is 0 Å². The van der Waals surface area contributed by atoms with Crippen molar-refractivity contribution in [2.45, 2.75) is 37.6 Å². The molecule has 4 fully saturated rings. The number of benzene rings is 5. The molecular formula is C37H33N. The molecule has 1 heteroatoms. The maximum Gasteiger partial charge on any atom is 0.0485 e. The van der Waals surface area contributed by atoms with Crippen LogP contribution in [0.15, 0.2) is 121 Å². The first-order valence-electron chi connectivity index (χ1n) is 14.3. The fourth-order valence-electron chi connectivity index (χ4n) is 8.48. The minimum absolute atomic E-state index is 0.286. The smallest absolute Gasteiger partial charge is 0.0485 e. The van der Waals surface area contributed by atoms with Crippen LogP contribution in [-0.4, -0.2) is 5.54 Å². The van der Waals surface area contributed by atoms with Gasteiger partial charge in [0.1, 0.15) is 0 Å². The van der Waals surface area contributed by atoms with Gasteiger partial charge in [-0.15, -0.1) is 0 Å². The van der Waals surface area contributed by atoms with E-state index < -0.39 is 0 Å². The van der Waals surface area contributed by atoms with Crippen molar-refractivity contribution in [3.05, 3.63) is 121 Å². The molecule has 0 aromatic heterocycles. The van der Waals surface area contributed by atoms with Crippen molar-refractivity contribution in [2.75, 3.05) is 4.90 Å². The number of nitrogens with zero attached hydrogens (tertiary/aromatic N) is 1. The summed E-state index contributed by atoms with van der Waals surface area (Å²) in [6, 6.07) is 45.0. The van der Waals surface area contributed by atoms with Crippen molar-refractivity contribution in [3.8, 4) is 22.3 Å². The zero-order valence-corrected chi connectivity index (χ0v) is 21.8. The van der Waals surface area contributed by atoms with Gasteiger partial charge in [-0.3, -0.25) is 0 Å². The molecule has 0 N–H and O–H groups in total. The van der Waals surface area contributed by atoms with Gasteiger partial charge in [0.05, 0.1) is 0 Å². The normalized spacial score (nSPS) is 25.2. The molecule has 0 spiro atoms. The Morgan fingerprint density at radius 2 is 1.00 bits per heavy atom. The van der Waals surface area contributed by atoms with Gasteiger partial charge in [-0.2, -0.15) is 0 Å². The molecule has 4 aliphatic rings. The highest BCUT2D eigenvalue weighted by molar-refractivity contribution is 5.96. The molecule has 0 amide bonds. The van der Waals surface area contributed by atoms with Crippen molar-refractivity contribution < 1.29 is 0 Å². The summed E-state index contributed by atoms with van der Waals surface area (Å²) in [6.45, 7) is 0. The molecule has 4 saturated carbocycles. The van der Waals surface area contributed by atoms with Crippen LogP contribution < -0.4 is 4.90 Å². The lowest BCUT2D eigenvalue weighted by molar-refractivity contribution is 0.266. The molecule has 1 nitrogen and oxygen atoms in total. The molecule has 5 aromatic carbocycles. The number of rotatable bonds is 5. The second kappa shape index (κ2) is 8.60. The van der Waals surface area contributed by atoms with Gasteiger partial charge in [0, 0.05) is 16.9 Å². The van der Waals surface area contributed by atoms with Crippen LogP contribution in [0.1, 0.15) is 32.1 Å². The zero-order chi connectivity index (χ0) is 25.1. The van der Waals surface area contributed by atoms with E-state index in [2.05, 4.69) is 126 Å². The quantitative estimate of drug-likeness (QED) is 0.236. The molecule has 5 aromatic rings. The Labute approximate surface area is 225 Å². The summed E-state index contributed by atoms with van der Waals surface area (Å²) in [5.74, 6) is 2.67. The first kappa shape index (κ1) is 22.2. The highest BCUT2D eigenvalue weighted by Crippen LogP contribution is 2.64. The predicted molar refractivity (Wildman–Crippen MR) is 160 cm³/mol. The van der Waals surface area contributed by atoms with Crippen LogP contribution in [-0.2, 0) is 0 Å². The average Bonchev–Trinajstić information content (AvgIpc) is 3.37. The number of para-hydroxylation sites is 1. The molecule has 0 heterocycles. The van der Waals surface area contributed by atoms with Crippen LogP contribution in [0, 0.1) is 17.8 Å². The second-order valence-electron chi connectivity index (χ2n) is 12.0. The van der Waals surface area contributed by atoms with Gasteiger partial charge in [0.25, 0.3) is 0 Å². The summed E-state index contributed by atoms with van der Waals surface area (Å²) in [7, 11) is 0. The predicted octanol–water partition coefficient (Wildman–Crippen LogP) is 9.89. The summed E-state index contributed by atoms with van der Waals surface area (Å²) in [5, 5.41) is 2.57. The van der Waals surface area contributed by atoms with Gasteiger partial charge in [0.2, 0.25) is 0 Å². The molecule has 4 aliphatic carbocycles. The van der Waals surface area contributed by atoms with Gasteiger partial charge in [-0.05, 0) is 119 Å². The maximum atomic E-state index is 2.75. The lowest BCUT2D eigenvalue weighted by Crippen LogP contribution is -2.47. The van der Waals surface area contributed by atoms with Crippen LogP contribution in [0.5, 0.6) is 0 Å². The van der Waals surface area contributed by atoms with E-state index in [9.17, 15) is 0 Å². The standard InChI is InChI=1S/C37H33N/c1-3-9-28(10-4-1)35-22-30-11-7-8-12-31(30)23-36(35)29-15-17-34(18-16-29)38(33-13-5-2-6-14-33)37-24-26-19-27(25-37)21-32(37)20-26/h1-18,22-23,26-27,32H,19-21,24-25H2. The summed E-state index contributed by atoms with van der Waals surface area (Å²) in [4.78, 5) is 2.75. The lowest BCUT2D eigenvalue weighted by Gasteiger charge is -2.45. The SMILES string of the molecule is c1ccc(-c2cc3ccccc3cc2-c2ccc(N(c3ccccc3)C34CC5CC(CC3C5)C4)cc2)cc1. The van der Waals surface area contributed by atoms with Crippen LogP contribution in [0.4, 0.5) is 11.4 Å². The zero-order valence-electron chi connectivity index (χ0n) is 21.8. The largest absolute Gasteiger partial charge is 0.335 e. The molecule has 2 atom stereocenters. The van der Waals surface area contributed by atoms with Gasteiger partial charge >= 0.3 is 0 Å². The van der Waals surface area contributed by atoms with Gasteiger partial charge in [-0.1, -0.05) is 84.9 Å².